The van der Waals surface area contributed by atoms with Gasteiger partial charge in [0.2, 0.25) is 0 Å². The van der Waals surface area contributed by atoms with Gasteiger partial charge < -0.3 is 26.1 Å². The van der Waals surface area contributed by atoms with Crippen LogP contribution in [-0.2, 0) is 16.5 Å². The van der Waals surface area contributed by atoms with Crippen LogP contribution in [0.4, 0.5) is 0 Å². The lowest BCUT2D eigenvalue weighted by Crippen LogP contribution is -2.58. The van der Waals surface area contributed by atoms with Crippen molar-refractivity contribution >= 4 is 42.8 Å². The van der Waals surface area contributed by atoms with E-state index < -0.39 is 42.8 Å². The predicted octanol–water partition coefficient (Wildman–Crippen LogP) is 2.55. The van der Waals surface area contributed by atoms with E-state index in [9.17, 15) is 9.59 Å². The lowest BCUT2D eigenvalue weighted by Gasteiger charge is -2.40. The Kier molecular flexibility index (Phi) is 7.03. The summed E-state index contributed by atoms with van der Waals surface area (Å²) in [4.78, 5) is 19.9. The van der Waals surface area contributed by atoms with Gasteiger partial charge >= 0.3 is 42.8 Å². The summed E-state index contributed by atoms with van der Waals surface area (Å²) < 4.78 is 23.8. The van der Waals surface area contributed by atoms with Crippen LogP contribution in [0.25, 0.3) is 0 Å². The zero-order valence-corrected chi connectivity index (χ0v) is 20.0. The Labute approximate surface area is 134 Å². The number of hydrogen-bond donors (Lipinski definition) is 2. The van der Waals surface area contributed by atoms with Crippen molar-refractivity contribution in [2.45, 2.75) is 65.5 Å². The molecule has 0 aliphatic carbocycles. The Balaban J connectivity index is 4.83. The molecule has 0 aliphatic heterocycles. The van der Waals surface area contributed by atoms with E-state index in [1.165, 1.54) is 0 Å². The molecule has 128 valence electrons. The Bertz CT molecular complexity index is 315. The molecule has 0 amide bonds. The van der Waals surface area contributed by atoms with Gasteiger partial charge in [0.25, 0.3) is 0 Å². The Hall–Kier alpha value is 0.844. The molecule has 0 radical (unpaired) electrons. The summed E-state index contributed by atoms with van der Waals surface area (Å²) in [5, 5.41) is 0. The van der Waals surface area contributed by atoms with E-state index in [2.05, 4.69) is 0 Å². The van der Waals surface area contributed by atoms with Gasteiger partial charge in [0.05, 0.1) is 0 Å². The van der Waals surface area contributed by atoms with E-state index >= 15 is 0 Å². The summed E-state index contributed by atoms with van der Waals surface area (Å²) in [7, 11) is -12.7. The van der Waals surface area contributed by atoms with E-state index in [4.69, 9.17) is 16.5 Å². The third kappa shape index (κ3) is 12.0. The molecular formula is C10H32O6Si5. The minimum absolute atomic E-state index is 1.72. The van der Waals surface area contributed by atoms with E-state index in [1.807, 2.05) is 39.3 Å². The van der Waals surface area contributed by atoms with Gasteiger partial charge in [-0.1, -0.05) is 0 Å². The summed E-state index contributed by atoms with van der Waals surface area (Å²) in [6.45, 7) is 18.4. The van der Waals surface area contributed by atoms with Crippen molar-refractivity contribution in [2.75, 3.05) is 0 Å². The van der Waals surface area contributed by atoms with Crippen LogP contribution in [-0.4, -0.2) is 52.4 Å². The number of rotatable bonds is 8. The third-order valence-electron chi connectivity index (χ3n) is 1.97. The van der Waals surface area contributed by atoms with Crippen molar-refractivity contribution in [1.29, 1.82) is 0 Å². The molecule has 0 spiro atoms. The van der Waals surface area contributed by atoms with Gasteiger partial charge in [0.1, 0.15) is 0 Å². The smallest absolute Gasteiger partial charge is 0.320 e. The lowest BCUT2D eigenvalue weighted by atomic mass is 11.9. The quantitative estimate of drug-likeness (QED) is 0.622. The molecule has 11 heteroatoms. The first-order valence-corrected chi connectivity index (χ1v) is 21.2. The minimum atomic E-state index is -2.64. The second-order valence-corrected chi connectivity index (χ2v) is 25.0. The van der Waals surface area contributed by atoms with Crippen LogP contribution in [0.1, 0.15) is 0 Å². The Morgan fingerprint density at radius 1 is 0.429 bits per heavy atom. The van der Waals surface area contributed by atoms with Gasteiger partial charge in [-0.05, 0) is 65.5 Å². The topological polar surface area (TPSA) is 77.4 Å². The van der Waals surface area contributed by atoms with Crippen molar-refractivity contribution in [2.24, 2.45) is 0 Å². The van der Waals surface area contributed by atoms with Crippen LogP contribution in [0.2, 0.25) is 65.5 Å². The molecule has 0 aromatic rings. The lowest BCUT2D eigenvalue weighted by molar-refractivity contribution is 0.269. The molecule has 0 saturated heterocycles. The molecule has 0 unspecified atom stereocenters. The zero-order chi connectivity index (χ0) is 17.3. The van der Waals surface area contributed by atoms with Crippen LogP contribution in [0.5, 0.6) is 0 Å². The highest BCUT2D eigenvalue weighted by molar-refractivity contribution is 6.89. The summed E-state index contributed by atoms with van der Waals surface area (Å²) in [6, 6.07) is 0. The molecule has 2 N–H and O–H groups in total. The van der Waals surface area contributed by atoms with E-state index in [0.29, 0.717) is 0 Å². The normalized spacial score (nSPS) is 15.4. The second kappa shape index (κ2) is 6.76. The minimum Gasteiger partial charge on any atom is -0.416 e. The molecular weight excluding hydrogens is 357 g/mol. The molecule has 0 atom stereocenters. The molecule has 0 fully saturated rings. The molecule has 0 aromatic carbocycles. The van der Waals surface area contributed by atoms with Gasteiger partial charge in [-0.2, -0.15) is 0 Å². The molecule has 0 saturated carbocycles. The predicted molar refractivity (Wildman–Crippen MR) is 96.2 cm³/mol. The average molecular weight is 389 g/mol. The zero-order valence-electron chi connectivity index (χ0n) is 15.0. The molecule has 6 nitrogen and oxygen atoms in total. The van der Waals surface area contributed by atoms with Gasteiger partial charge in [-0.15, -0.1) is 0 Å². The van der Waals surface area contributed by atoms with E-state index in [-0.39, 0.29) is 0 Å². The number of hydrogen-bond acceptors (Lipinski definition) is 6. The molecule has 21 heavy (non-hydrogen) atoms. The summed E-state index contributed by atoms with van der Waals surface area (Å²) in [6.07, 6.45) is 0. The van der Waals surface area contributed by atoms with Gasteiger partial charge in [-0.25, -0.2) is 0 Å². The van der Waals surface area contributed by atoms with Crippen LogP contribution in [0, 0.1) is 0 Å². The largest absolute Gasteiger partial charge is 0.416 e. The maximum atomic E-state index is 9.94. The highest BCUT2D eigenvalue weighted by Crippen LogP contribution is 2.24. The second-order valence-electron chi connectivity index (χ2n) is 7.50. The highest BCUT2D eigenvalue weighted by Gasteiger charge is 2.45. The fourth-order valence-corrected chi connectivity index (χ4v) is 23.2. The third-order valence-corrected chi connectivity index (χ3v) is 17.8. The SMILES string of the molecule is C[Si](C)(O)O[Si](C)(C)O[Si](C)(C)O[Si](C)(C)O[Si](C)(C)O. The molecule has 0 rings (SSSR count). The Morgan fingerprint density at radius 3 is 0.810 bits per heavy atom. The first kappa shape index (κ1) is 21.8. The van der Waals surface area contributed by atoms with Crippen LogP contribution in [0.15, 0.2) is 0 Å². The maximum absolute atomic E-state index is 9.94. The van der Waals surface area contributed by atoms with Gasteiger partial charge in [0, 0.05) is 0 Å². The fraction of sp³-hybridized carbons (Fsp3) is 1.00. The summed E-state index contributed by atoms with van der Waals surface area (Å²) >= 11 is 0. The highest BCUT2D eigenvalue weighted by atomic mass is 28.5. The fourth-order valence-electron chi connectivity index (χ4n) is 2.45. The van der Waals surface area contributed by atoms with Crippen LogP contribution >= 0.6 is 0 Å². The van der Waals surface area contributed by atoms with Crippen molar-refractivity contribution in [3.8, 4) is 0 Å². The van der Waals surface area contributed by atoms with Crippen molar-refractivity contribution in [3.05, 3.63) is 0 Å². The van der Waals surface area contributed by atoms with Crippen LogP contribution < -0.4 is 0 Å². The van der Waals surface area contributed by atoms with Crippen molar-refractivity contribution < 1.29 is 26.1 Å². The monoisotopic (exact) mass is 388 g/mol. The molecule has 0 aliphatic rings. The van der Waals surface area contributed by atoms with Gasteiger partial charge in [-0.3, -0.25) is 0 Å². The van der Waals surface area contributed by atoms with Crippen molar-refractivity contribution in [1.82, 2.24) is 0 Å². The summed E-state index contributed by atoms with van der Waals surface area (Å²) in [5.41, 5.74) is 0. The van der Waals surface area contributed by atoms with E-state index in [0.717, 1.165) is 0 Å². The Morgan fingerprint density at radius 2 is 0.619 bits per heavy atom. The molecule has 0 aromatic heterocycles. The molecule has 0 bridgehead atoms. The first-order chi connectivity index (χ1) is 8.83. The standard InChI is InChI=1S/C10H32O6Si5/c1-17(2,11)13-19(5,6)15-21(9,10)16-20(7,8)14-18(3,4)12/h11-12H,1-10H3. The maximum Gasteiger partial charge on any atom is 0.320 e. The summed E-state index contributed by atoms with van der Waals surface area (Å²) in [5.74, 6) is 0. The van der Waals surface area contributed by atoms with E-state index in [1.54, 1.807) is 26.2 Å². The first-order valence-electron chi connectivity index (χ1n) is 7.08. The van der Waals surface area contributed by atoms with Gasteiger partial charge in [0.15, 0.2) is 0 Å². The van der Waals surface area contributed by atoms with Crippen LogP contribution in [0.3, 0.4) is 0 Å². The van der Waals surface area contributed by atoms with Crippen molar-refractivity contribution in [3.63, 3.8) is 0 Å². The average Bonchev–Trinajstić information content (AvgIpc) is 1.83. The molecule has 0 heterocycles.